The summed E-state index contributed by atoms with van der Waals surface area (Å²) in [6.45, 7) is 2.44. The normalized spacial score (nSPS) is 15.6. The molecule has 1 aliphatic carbocycles. The molecule has 142 valence electrons. The number of carbonyl (C=O) groups excluding carboxylic acids is 2. The van der Waals surface area contributed by atoms with Crippen LogP contribution in [0.2, 0.25) is 0 Å². The van der Waals surface area contributed by atoms with Crippen molar-refractivity contribution in [1.29, 1.82) is 0 Å². The molecule has 1 atom stereocenters. The van der Waals surface area contributed by atoms with Crippen molar-refractivity contribution in [3.05, 3.63) is 71.0 Å². The molecule has 0 spiro atoms. The number of nitrogens with one attached hydrogen (secondary N) is 2. The highest BCUT2D eigenvalue weighted by Gasteiger charge is 2.44. The number of primary amides is 1. The third kappa shape index (κ3) is 4.84. The predicted molar refractivity (Wildman–Crippen MR) is 102 cm³/mol. The molecule has 2 aromatic rings. The lowest BCUT2D eigenvalue weighted by Crippen LogP contribution is -2.38. The molecule has 0 bridgehead atoms. The molecule has 0 aromatic heterocycles. The average molecular weight is 369 g/mol. The molecule has 1 aliphatic rings. The number of carbonyl (C=O) groups is 2. The molecule has 27 heavy (non-hydrogen) atoms. The smallest absolute Gasteiger partial charge is 0.312 e. The molecular weight excluding hydrogens is 345 g/mol. The number of hydrogen-bond acceptors (Lipinski definition) is 2. The van der Waals surface area contributed by atoms with Gasteiger partial charge in [0.05, 0.1) is 12.5 Å². The maximum absolute atomic E-state index is 13.1. The van der Waals surface area contributed by atoms with E-state index in [9.17, 15) is 14.0 Å². The van der Waals surface area contributed by atoms with E-state index in [1.807, 2.05) is 31.2 Å². The Balaban J connectivity index is 1.62. The fraction of sp³-hybridized carbons (Fsp3) is 0.333. The first kappa shape index (κ1) is 18.9. The van der Waals surface area contributed by atoms with E-state index in [-0.39, 0.29) is 23.6 Å². The molecule has 1 fully saturated rings. The number of amides is 3. The van der Waals surface area contributed by atoms with E-state index in [0.717, 1.165) is 29.5 Å². The molecule has 0 aliphatic heterocycles. The fourth-order valence-corrected chi connectivity index (χ4v) is 3.36. The van der Waals surface area contributed by atoms with Crippen LogP contribution >= 0.6 is 0 Å². The highest BCUT2D eigenvalue weighted by molar-refractivity contribution is 5.79. The Morgan fingerprint density at radius 1 is 1.19 bits per heavy atom. The average Bonchev–Trinajstić information content (AvgIpc) is 3.41. The molecular formula is C21H24FN3O2. The van der Waals surface area contributed by atoms with Gasteiger partial charge in [-0.2, -0.15) is 0 Å². The fourth-order valence-electron chi connectivity index (χ4n) is 3.36. The van der Waals surface area contributed by atoms with Crippen LogP contribution in [0.5, 0.6) is 0 Å². The SMILES string of the molecule is Cc1cccc(C(CC(=O)NCC2(c3ccc(F)cc3)CC2)NC(N)=O)c1. The van der Waals surface area contributed by atoms with Gasteiger partial charge in [0.15, 0.2) is 0 Å². The molecule has 0 radical (unpaired) electrons. The van der Waals surface area contributed by atoms with Gasteiger partial charge in [0, 0.05) is 12.0 Å². The van der Waals surface area contributed by atoms with Gasteiger partial charge in [0.2, 0.25) is 5.91 Å². The van der Waals surface area contributed by atoms with E-state index < -0.39 is 12.1 Å². The standard InChI is InChI=1S/C21H24FN3O2/c1-14-3-2-4-15(11-14)18(25-20(23)27)12-19(26)24-13-21(9-10-21)16-5-7-17(22)8-6-16/h2-8,11,18H,9-10,12-13H2,1H3,(H,24,26)(H3,23,25,27). The second kappa shape index (κ2) is 7.78. The summed E-state index contributed by atoms with van der Waals surface area (Å²) in [7, 11) is 0. The summed E-state index contributed by atoms with van der Waals surface area (Å²) >= 11 is 0. The van der Waals surface area contributed by atoms with Gasteiger partial charge in [-0.15, -0.1) is 0 Å². The van der Waals surface area contributed by atoms with Gasteiger partial charge in [-0.05, 0) is 43.0 Å². The first-order valence-corrected chi connectivity index (χ1v) is 9.03. The second-order valence-electron chi connectivity index (χ2n) is 7.24. The van der Waals surface area contributed by atoms with Crippen molar-refractivity contribution in [3.8, 4) is 0 Å². The number of halogens is 1. The Morgan fingerprint density at radius 3 is 2.48 bits per heavy atom. The van der Waals surface area contributed by atoms with Crippen molar-refractivity contribution >= 4 is 11.9 Å². The lowest BCUT2D eigenvalue weighted by Gasteiger charge is -2.20. The zero-order chi connectivity index (χ0) is 19.4. The van der Waals surface area contributed by atoms with E-state index >= 15 is 0 Å². The molecule has 4 N–H and O–H groups in total. The molecule has 3 rings (SSSR count). The number of hydrogen-bond donors (Lipinski definition) is 3. The number of aryl methyl sites for hydroxylation is 1. The minimum absolute atomic E-state index is 0.103. The zero-order valence-electron chi connectivity index (χ0n) is 15.3. The van der Waals surface area contributed by atoms with Crippen molar-refractivity contribution < 1.29 is 14.0 Å². The summed E-state index contributed by atoms with van der Waals surface area (Å²) in [5, 5.41) is 5.60. The second-order valence-corrected chi connectivity index (χ2v) is 7.24. The molecule has 0 saturated heterocycles. The molecule has 3 amide bonds. The quantitative estimate of drug-likeness (QED) is 0.701. The van der Waals surface area contributed by atoms with Gasteiger partial charge in [0.1, 0.15) is 5.82 Å². The Bertz CT molecular complexity index is 832. The molecule has 1 saturated carbocycles. The van der Waals surface area contributed by atoms with Crippen LogP contribution in [0, 0.1) is 12.7 Å². The van der Waals surface area contributed by atoms with Crippen molar-refractivity contribution in [2.45, 2.75) is 37.6 Å². The third-order valence-electron chi connectivity index (χ3n) is 5.08. The van der Waals surface area contributed by atoms with E-state index in [1.165, 1.54) is 12.1 Å². The zero-order valence-corrected chi connectivity index (χ0v) is 15.3. The predicted octanol–water partition coefficient (Wildman–Crippen LogP) is 3.08. The van der Waals surface area contributed by atoms with Crippen LogP contribution in [0.3, 0.4) is 0 Å². The number of nitrogens with two attached hydrogens (primary N) is 1. The number of rotatable bonds is 7. The van der Waals surface area contributed by atoms with Crippen molar-refractivity contribution in [2.24, 2.45) is 5.73 Å². The summed E-state index contributed by atoms with van der Waals surface area (Å²) in [6.07, 6.45) is 2.02. The van der Waals surface area contributed by atoms with Crippen LogP contribution in [0.1, 0.15) is 42.0 Å². The summed E-state index contributed by atoms with van der Waals surface area (Å²) < 4.78 is 13.1. The molecule has 6 heteroatoms. The minimum Gasteiger partial charge on any atom is -0.355 e. The Labute approximate surface area is 158 Å². The van der Waals surface area contributed by atoms with Gasteiger partial charge < -0.3 is 16.4 Å². The van der Waals surface area contributed by atoms with E-state index in [1.54, 1.807) is 12.1 Å². The first-order chi connectivity index (χ1) is 12.9. The highest BCUT2D eigenvalue weighted by atomic mass is 19.1. The van der Waals surface area contributed by atoms with Crippen LogP contribution in [0.25, 0.3) is 0 Å². The number of urea groups is 1. The molecule has 2 aromatic carbocycles. The topological polar surface area (TPSA) is 84.2 Å². The summed E-state index contributed by atoms with van der Waals surface area (Å²) in [5.74, 6) is -0.430. The highest BCUT2D eigenvalue weighted by Crippen LogP contribution is 2.47. The van der Waals surface area contributed by atoms with Crippen molar-refractivity contribution in [3.63, 3.8) is 0 Å². The van der Waals surface area contributed by atoms with Crippen LogP contribution in [0.15, 0.2) is 48.5 Å². The van der Waals surface area contributed by atoms with Crippen LogP contribution in [0.4, 0.5) is 9.18 Å². The molecule has 5 nitrogen and oxygen atoms in total. The van der Waals surface area contributed by atoms with Gasteiger partial charge in [-0.25, -0.2) is 9.18 Å². The van der Waals surface area contributed by atoms with Gasteiger partial charge in [-0.1, -0.05) is 42.0 Å². The van der Waals surface area contributed by atoms with Crippen LogP contribution in [-0.2, 0) is 10.2 Å². The lowest BCUT2D eigenvalue weighted by atomic mass is 9.95. The van der Waals surface area contributed by atoms with E-state index in [2.05, 4.69) is 10.6 Å². The Morgan fingerprint density at radius 2 is 1.89 bits per heavy atom. The van der Waals surface area contributed by atoms with E-state index in [4.69, 9.17) is 5.73 Å². The molecule has 0 heterocycles. The third-order valence-corrected chi connectivity index (χ3v) is 5.08. The van der Waals surface area contributed by atoms with Crippen LogP contribution < -0.4 is 16.4 Å². The first-order valence-electron chi connectivity index (χ1n) is 9.03. The maximum Gasteiger partial charge on any atom is 0.312 e. The number of benzene rings is 2. The summed E-state index contributed by atoms with van der Waals surface area (Å²) in [4.78, 5) is 23.8. The van der Waals surface area contributed by atoms with Crippen molar-refractivity contribution in [2.75, 3.05) is 6.54 Å². The monoisotopic (exact) mass is 369 g/mol. The Kier molecular flexibility index (Phi) is 5.44. The van der Waals surface area contributed by atoms with Crippen molar-refractivity contribution in [1.82, 2.24) is 10.6 Å². The lowest BCUT2D eigenvalue weighted by molar-refractivity contribution is -0.121. The minimum atomic E-state index is -0.667. The summed E-state index contributed by atoms with van der Waals surface area (Å²) in [5.41, 5.74) is 8.07. The van der Waals surface area contributed by atoms with E-state index in [0.29, 0.717) is 6.54 Å². The van der Waals surface area contributed by atoms with Gasteiger partial charge >= 0.3 is 6.03 Å². The largest absolute Gasteiger partial charge is 0.355 e. The Hall–Kier alpha value is -2.89. The van der Waals surface area contributed by atoms with Crippen LogP contribution in [-0.4, -0.2) is 18.5 Å². The maximum atomic E-state index is 13.1. The van der Waals surface area contributed by atoms with Gasteiger partial charge in [-0.3, -0.25) is 4.79 Å². The summed E-state index contributed by atoms with van der Waals surface area (Å²) in [6, 6.07) is 12.9. The molecule has 1 unspecified atom stereocenters. The van der Waals surface area contributed by atoms with Gasteiger partial charge in [0.25, 0.3) is 0 Å².